The van der Waals surface area contributed by atoms with Gasteiger partial charge in [-0.3, -0.25) is 0 Å². The molecule has 0 aliphatic heterocycles. The molecule has 2 aromatic carbocycles. The summed E-state index contributed by atoms with van der Waals surface area (Å²) >= 11 is 0. The number of hydrogen-bond acceptors (Lipinski definition) is 2. The number of carboxylic acids is 1. The third-order valence-electron chi connectivity index (χ3n) is 3.55. The molecule has 0 amide bonds. The molecule has 0 atom stereocenters. The van der Waals surface area contributed by atoms with Gasteiger partial charge in [0, 0.05) is 6.61 Å². The van der Waals surface area contributed by atoms with E-state index in [0.29, 0.717) is 5.56 Å². The van der Waals surface area contributed by atoms with E-state index >= 15 is 0 Å². The minimum absolute atomic E-state index is 0.272. The van der Waals surface area contributed by atoms with Gasteiger partial charge >= 0.3 is 5.97 Å². The summed E-state index contributed by atoms with van der Waals surface area (Å²) in [6, 6.07) is 11.4. The molecule has 3 heteroatoms. The van der Waals surface area contributed by atoms with Crippen LogP contribution in [0.3, 0.4) is 0 Å². The molecule has 0 aromatic heterocycles. The number of carboxylic acid groups (broad SMARTS) is 1. The van der Waals surface area contributed by atoms with Crippen LogP contribution in [0.15, 0.2) is 36.4 Å². The largest absolute Gasteiger partial charge is 0.478 e. The van der Waals surface area contributed by atoms with Gasteiger partial charge in [0.15, 0.2) is 0 Å². The molecule has 0 saturated heterocycles. The maximum absolute atomic E-state index is 11.2. The highest BCUT2D eigenvalue weighted by molar-refractivity contribution is 6.03. The van der Waals surface area contributed by atoms with Crippen LogP contribution in [0.5, 0.6) is 0 Å². The van der Waals surface area contributed by atoms with Crippen molar-refractivity contribution in [3.05, 3.63) is 47.5 Å². The molecule has 2 N–H and O–H groups in total. The van der Waals surface area contributed by atoms with E-state index in [9.17, 15) is 4.79 Å². The number of aliphatic hydroxyl groups is 1. The smallest absolute Gasteiger partial charge is 0.336 e. The maximum Gasteiger partial charge on any atom is 0.336 e. The monoisotopic (exact) mass is 272 g/mol. The summed E-state index contributed by atoms with van der Waals surface area (Å²) in [4.78, 5) is 11.2. The van der Waals surface area contributed by atoms with Crippen molar-refractivity contribution in [2.24, 2.45) is 0 Å². The molecule has 0 bridgehead atoms. The minimum atomic E-state index is -0.882. The van der Waals surface area contributed by atoms with Crippen molar-refractivity contribution in [1.29, 1.82) is 0 Å². The molecule has 0 unspecified atom stereocenters. The van der Waals surface area contributed by atoms with Crippen molar-refractivity contribution in [1.82, 2.24) is 0 Å². The number of hydrogen-bond donors (Lipinski definition) is 2. The molecule has 3 nitrogen and oxygen atoms in total. The van der Waals surface area contributed by atoms with Crippen LogP contribution in [-0.4, -0.2) is 22.8 Å². The predicted molar refractivity (Wildman–Crippen MR) is 80.2 cm³/mol. The number of fused-ring (bicyclic) bond motifs is 1. The lowest BCUT2D eigenvalue weighted by molar-refractivity contribution is 0.0699. The van der Waals surface area contributed by atoms with Crippen molar-refractivity contribution < 1.29 is 15.0 Å². The fraction of sp³-hybridized carbons (Fsp3) is 0.353. The second-order valence-electron chi connectivity index (χ2n) is 5.05. The van der Waals surface area contributed by atoms with Crippen LogP contribution in [0.1, 0.15) is 41.6 Å². The number of benzene rings is 2. The Morgan fingerprint density at radius 3 is 2.55 bits per heavy atom. The van der Waals surface area contributed by atoms with Gasteiger partial charge in [0.2, 0.25) is 0 Å². The summed E-state index contributed by atoms with van der Waals surface area (Å²) < 4.78 is 0. The Labute approximate surface area is 118 Å². The molecule has 0 heterocycles. The molecule has 0 spiro atoms. The SMILES string of the molecule is O=C(O)c1cccc2cc(CCCCCCO)ccc12. The molecule has 0 aliphatic carbocycles. The Morgan fingerprint density at radius 1 is 1.00 bits per heavy atom. The van der Waals surface area contributed by atoms with Gasteiger partial charge in [-0.05, 0) is 41.7 Å². The van der Waals surface area contributed by atoms with Gasteiger partial charge in [-0.25, -0.2) is 4.79 Å². The van der Waals surface area contributed by atoms with E-state index in [0.717, 1.165) is 42.9 Å². The highest BCUT2D eigenvalue weighted by Crippen LogP contribution is 2.21. The fourth-order valence-corrected chi connectivity index (χ4v) is 2.47. The summed E-state index contributed by atoms with van der Waals surface area (Å²) in [7, 11) is 0. The average Bonchev–Trinajstić information content (AvgIpc) is 2.46. The van der Waals surface area contributed by atoms with E-state index in [-0.39, 0.29) is 6.61 Å². The van der Waals surface area contributed by atoms with Gasteiger partial charge in [0.05, 0.1) is 5.56 Å². The molecule has 106 valence electrons. The van der Waals surface area contributed by atoms with Crippen LogP contribution in [-0.2, 0) is 6.42 Å². The summed E-state index contributed by atoms with van der Waals surface area (Å²) in [5.41, 5.74) is 1.60. The van der Waals surface area contributed by atoms with Gasteiger partial charge < -0.3 is 10.2 Å². The summed E-state index contributed by atoms with van der Waals surface area (Å²) in [5.74, 6) is -0.882. The van der Waals surface area contributed by atoms with E-state index in [2.05, 4.69) is 6.07 Å². The zero-order valence-corrected chi connectivity index (χ0v) is 11.5. The molecule has 0 saturated carbocycles. The molecule has 2 rings (SSSR count). The van der Waals surface area contributed by atoms with Crippen molar-refractivity contribution in [3.8, 4) is 0 Å². The van der Waals surface area contributed by atoms with E-state index < -0.39 is 5.97 Å². The number of unbranched alkanes of at least 4 members (excludes halogenated alkanes) is 3. The van der Waals surface area contributed by atoms with E-state index in [4.69, 9.17) is 10.2 Å². The van der Waals surface area contributed by atoms with Crippen molar-refractivity contribution in [2.75, 3.05) is 6.61 Å². The minimum Gasteiger partial charge on any atom is -0.478 e. The highest BCUT2D eigenvalue weighted by atomic mass is 16.4. The van der Waals surface area contributed by atoms with Crippen LogP contribution >= 0.6 is 0 Å². The van der Waals surface area contributed by atoms with E-state index in [1.165, 1.54) is 5.56 Å². The first-order chi connectivity index (χ1) is 9.72. The van der Waals surface area contributed by atoms with Crippen molar-refractivity contribution in [2.45, 2.75) is 32.1 Å². The zero-order valence-electron chi connectivity index (χ0n) is 11.5. The van der Waals surface area contributed by atoms with Crippen LogP contribution in [0.25, 0.3) is 10.8 Å². The standard InChI is InChI=1S/C17H20O3/c18-11-4-2-1-3-6-13-9-10-15-14(12-13)7-5-8-16(15)17(19)20/h5,7-10,12,18H,1-4,6,11H2,(H,19,20). The number of aromatic carboxylic acids is 1. The van der Waals surface area contributed by atoms with Crippen molar-refractivity contribution >= 4 is 16.7 Å². The third-order valence-corrected chi connectivity index (χ3v) is 3.55. The first-order valence-corrected chi connectivity index (χ1v) is 7.08. The Kier molecular flexibility index (Phi) is 5.13. The zero-order chi connectivity index (χ0) is 14.4. The molecule has 20 heavy (non-hydrogen) atoms. The maximum atomic E-state index is 11.2. The number of carbonyl (C=O) groups is 1. The predicted octanol–water partition coefficient (Wildman–Crippen LogP) is 3.63. The number of aliphatic hydroxyl groups excluding tert-OH is 1. The lowest BCUT2D eigenvalue weighted by Crippen LogP contribution is -1.97. The molecule has 0 radical (unpaired) electrons. The molecule has 0 aliphatic rings. The molecular formula is C17H20O3. The Morgan fingerprint density at radius 2 is 1.80 bits per heavy atom. The Balaban J connectivity index is 2.08. The van der Waals surface area contributed by atoms with Crippen LogP contribution in [0, 0.1) is 0 Å². The summed E-state index contributed by atoms with van der Waals surface area (Å²) in [6.45, 7) is 0.272. The van der Waals surface area contributed by atoms with Gasteiger partial charge in [0.25, 0.3) is 0 Å². The van der Waals surface area contributed by atoms with Crippen LogP contribution < -0.4 is 0 Å². The second kappa shape index (κ2) is 7.06. The Bertz CT molecular complexity index is 590. The van der Waals surface area contributed by atoms with Gasteiger partial charge in [-0.2, -0.15) is 0 Å². The average molecular weight is 272 g/mol. The fourth-order valence-electron chi connectivity index (χ4n) is 2.47. The first-order valence-electron chi connectivity index (χ1n) is 7.08. The number of rotatable bonds is 7. The summed E-state index contributed by atoms with van der Waals surface area (Å²) in [6.07, 6.45) is 5.16. The van der Waals surface area contributed by atoms with E-state index in [1.54, 1.807) is 12.1 Å². The molecule has 0 fully saturated rings. The second-order valence-corrected chi connectivity index (χ2v) is 5.05. The Hall–Kier alpha value is -1.87. The van der Waals surface area contributed by atoms with E-state index in [1.807, 2.05) is 18.2 Å². The quantitative estimate of drug-likeness (QED) is 0.757. The third kappa shape index (κ3) is 3.58. The molecular weight excluding hydrogens is 252 g/mol. The topological polar surface area (TPSA) is 57.5 Å². The lowest BCUT2D eigenvalue weighted by Gasteiger charge is -2.06. The van der Waals surface area contributed by atoms with Crippen molar-refractivity contribution in [3.63, 3.8) is 0 Å². The highest BCUT2D eigenvalue weighted by Gasteiger charge is 2.07. The van der Waals surface area contributed by atoms with Gasteiger partial charge in [0.1, 0.15) is 0 Å². The normalized spacial score (nSPS) is 10.8. The number of aryl methyl sites for hydroxylation is 1. The van der Waals surface area contributed by atoms with Crippen LogP contribution in [0.2, 0.25) is 0 Å². The van der Waals surface area contributed by atoms with Crippen LogP contribution in [0.4, 0.5) is 0 Å². The summed E-state index contributed by atoms with van der Waals surface area (Å²) in [5, 5.41) is 19.7. The molecule has 2 aromatic rings. The van der Waals surface area contributed by atoms with Gasteiger partial charge in [-0.1, -0.05) is 43.2 Å². The first kappa shape index (κ1) is 14.5. The lowest BCUT2D eigenvalue weighted by atomic mass is 9.99. The van der Waals surface area contributed by atoms with Gasteiger partial charge in [-0.15, -0.1) is 0 Å².